The first-order valence-electron chi connectivity index (χ1n) is 6.23. The zero-order chi connectivity index (χ0) is 12.8. The lowest BCUT2D eigenvalue weighted by molar-refractivity contribution is -0.122. The van der Waals surface area contributed by atoms with E-state index in [-0.39, 0.29) is 5.91 Å². The molecule has 1 saturated heterocycles. The van der Waals surface area contributed by atoms with Gasteiger partial charge >= 0.3 is 0 Å². The van der Waals surface area contributed by atoms with Gasteiger partial charge in [-0.15, -0.1) is 0 Å². The lowest BCUT2D eigenvalue weighted by Gasteiger charge is -2.26. The van der Waals surface area contributed by atoms with Gasteiger partial charge in [-0.1, -0.05) is 5.16 Å². The molecular weight excluding hydrogens is 234 g/mol. The van der Waals surface area contributed by atoms with Gasteiger partial charge in [-0.3, -0.25) is 9.69 Å². The molecule has 7 nitrogen and oxygen atoms in total. The molecule has 2 rings (SSSR count). The molecular formula is C11H19N5O2. The normalized spacial score (nSPS) is 16.7. The van der Waals surface area contributed by atoms with E-state index in [1.54, 1.807) is 6.92 Å². The van der Waals surface area contributed by atoms with Crippen molar-refractivity contribution in [3.63, 3.8) is 0 Å². The lowest BCUT2D eigenvalue weighted by Crippen LogP contribution is -2.47. The van der Waals surface area contributed by atoms with Crippen LogP contribution in [0.4, 0.5) is 0 Å². The maximum Gasteiger partial charge on any atom is 0.234 e. The van der Waals surface area contributed by atoms with Crippen molar-refractivity contribution in [1.29, 1.82) is 0 Å². The van der Waals surface area contributed by atoms with Crippen LogP contribution in [-0.4, -0.2) is 60.2 Å². The Labute approximate surface area is 106 Å². The average Bonchev–Trinajstić information content (AvgIpc) is 2.76. The summed E-state index contributed by atoms with van der Waals surface area (Å²) in [5.74, 6) is 1.24. The predicted molar refractivity (Wildman–Crippen MR) is 65.1 cm³/mol. The summed E-state index contributed by atoms with van der Waals surface area (Å²) >= 11 is 0. The first-order chi connectivity index (χ1) is 8.74. The lowest BCUT2D eigenvalue weighted by atomic mass is 10.3. The van der Waals surface area contributed by atoms with Crippen LogP contribution < -0.4 is 10.6 Å². The molecule has 0 radical (unpaired) electrons. The van der Waals surface area contributed by atoms with Gasteiger partial charge in [0.25, 0.3) is 0 Å². The van der Waals surface area contributed by atoms with Crippen LogP contribution >= 0.6 is 0 Å². The fraction of sp³-hybridized carbons (Fsp3) is 0.727. The third-order valence-electron chi connectivity index (χ3n) is 2.81. The minimum atomic E-state index is 0.0492. The molecule has 0 saturated carbocycles. The number of hydrogen-bond acceptors (Lipinski definition) is 6. The van der Waals surface area contributed by atoms with Crippen molar-refractivity contribution in [2.75, 3.05) is 39.3 Å². The Morgan fingerprint density at radius 2 is 2.28 bits per heavy atom. The maximum absolute atomic E-state index is 11.7. The Morgan fingerprint density at radius 1 is 1.50 bits per heavy atom. The Morgan fingerprint density at radius 3 is 2.94 bits per heavy atom. The van der Waals surface area contributed by atoms with Gasteiger partial charge in [-0.2, -0.15) is 4.98 Å². The van der Waals surface area contributed by atoms with Crippen LogP contribution in [0.3, 0.4) is 0 Å². The van der Waals surface area contributed by atoms with Gasteiger partial charge in [0, 0.05) is 39.1 Å². The molecule has 1 aliphatic heterocycles. The van der Waals surface area contributed by atoms with Crippen LogP contribution in [0.1, 0.15) is 11.7 Å². The van der Waals surface area contributed by atoms with Crippen LogP contribution in [0.5, 0.6) is 0 Å². The quantitative estimate of drug-likeness (QED) is 0.696. The molecule has 0 aliphatic carbocycles. The van der Waals surface area contributed by atoms with Gasteiger partial charge in [0.05, 0.1) is 6.54 Å². The molecule has 0 bridgehead atoms. The van der Waals surface area contributed by atoms with Crippen LogP contribution in [0.2, 0.25) is 0 Å². The summed E-state index contributed by atoms with van der Waals surface area (Å²) in [5.41, 5.74) is 0. The van der Waals surface area contributed by atoms with Gasteiger partial charge in [-0.25, -0.2) is 0 Å². The van der Waals surface area contributed by atoms with Crippen LogP contribution in [0.25, 0.3) is 0 Å². The molecule has 100 valence electrons. The zero-order valence-corrected chi connectivity index (χ0v) is 10.6. The molecule has 0 spiro atoms. The monoisotopic (exact) mass is 253 g/mol. The molecule has 0 unspecified atom stereocenters. The topological polar surface area (TPSA) is 83.3 Å². The van der Waals surface area contributed by atoms with Crippen LogP contribution in [0, 0.1) is 6.92 Å². The number of hydrogen-bond donors (Lipinski definition) is 2. The van der Waals surface area contributed by atoms with Gasteiger partial charge in [0.1, 0.15) is 0 Å². The molecule has 1 aliphatic rings. The Balaban J connectivity index is 1.62. The molecule has 0 atom stereocenters. The molecule has 1 aromatic rings. The van der Waals surface area contributed by atoms with Crippen LogP contribution in [0.15, 0.2) is 4.52 Å². The highest BCUT2D eigenvalue weighted by molar-refractivity contribution is 5.78. The number of nitrogens with one attached hydrogen (secondary N) is 2. The number of nitrogens with zero attached hydrogens (tertiary/aromatic N) is 3. The van der Waals surface area contributed by atoms with E-state index in [9.17, 15) is 4.79 Å². The average molecular weight is 253 g/mol. The molecule has 2 heterocycles. The van der Waals surface area contributed by atoms with Crippen molar-refractivity contribution < 1.29 is 9.32 Å². The standard InChI is InChI=1S/C11H19N5O2/c1-9-14-11(18-15-9)2-3-13-10(17)8-16-6-4-12-5-7-16/h12H,2-8H2,1H3,(H,13,17). The highest BCUT2D eigenvalue weighted by Crippen LogP contribution is 1.96. The van der Waals surface area contributed by atoms with E-state index in [1.807, 2.05) is 0 Å². The Bertz CT molecular complexity index is 387. The second-order valence-electron chi connectivity index (χ2n) is 4.36. The minimum absolute atomic E-state index is 0.0492. The Hall–Kier alpha value is -1.47. The first-order valence-corrected chi connectivity index (χ1v) is 6.23. The summed E-state index contributed by atoms with van der Waals surface area (Å²) in [5, 5.41) is 9.81. The number of piperazine rings is 1. The van der Waals surface area contributed by atoms with E-state index in [1.165, 1.54) is 0 Å². The number of rotatable bonds is 5. The highest BCUT2D eigenvalue weighted by atomic mass is 16.5. The molecule has 1 fully saturated rings. The van der Waals surface area contributed by atoms with Gasteiger partial charge in [0.15, 0.2) is 5.82 Å². The molecule has 7 heteroatoms. The first kappa shape index (κ1) is 13.0. The minimum Gasteiger partial charge on any atom is -0.354 e. The SMILES string of the molecule is Cc1noc(CCNC(=O)CN2CCNCC2)n1. The third kappa shape index (κ3) is 4.08. The fourth-order valence-electron chi connectivity index (χ4n) is 1.88. The van der Waals surface area contributed by atoms with E-state index in [4.69, 9.17) is 4.52 Å². The molecule has 2 N–H and O–H groups in total. The van der Waals surface area contributed by atoms with Gasteiger partial charge in [-0.05, 0) is 6.92 Å². The van der Waals surface area contributed by atoms with E-state index >= 15 is 0 Å². The molecule has 1 aromatic heterocycles. The van der Waals surface area contributed by atoms with Crippen molar-refractivity contribution in [3.8, 4) is 0 Å². The summed E-state index contributed by atoms with van der Waals surface area (Å²) in [6.45, 7) is 6.53. The molecule has 0 aromatic carbocycles. The smallest absolute Gasteiger partial charge is 0.234 e. The number of carbonyl (C=O) groups is 1. The number of aromatic nitrogens is 2. The number of aryl methyl sites for hydroxylation is 1. The number of carbonyl (C=O) groups excluding carboxylic acids is 1. The zero-order valence-electron chi connectivity index (χ0n) is 10.6. The van der Waals surface area contributed by atoms with Crippen molar-refractivity contribution in [1.82, 2.24) is 25.7 Å². The van der Waals surface area contributed by atoms with Gasteiger partial charge in [0.2, 0.25) is 11.8 Å². The highest BCUT2D eigenvalue weighted by Gasteiger charge is 2.13. The van der Waals surface area contributed by atoms with Crippen molar-refractivity contribution in [3.05, 3.63) is 11.7 Å². The van der Waals surface area contributed by atoms with E-state index in [0.29, 0.717) is 31.2 Å². The van der Waals surface area contributed by atoms with Crippen molar-refractivity contribution >= 4 is 5.91 Å². The molecule has 18 heavy (non-hydrogen) atoms. The maximum atomic E-state index is 11.7. The van der Waals surface area contributed by atoms with Crippen LogP contribution in [-0.2, 0) is 11.2 Å². The Kier molecular flexibility index (Phi) is 4.66. The predicted octanol–water partition coefficient (Wildman–Crippen LogP) is -1.06. The van der Waals surface area contributed by atoms with E-state index in [2.05, 4.69) is 25.7 Å². The van der Waals surface area contributed by atoms with E-state index < -0.39 is 0 Å². The summed E-state index contributed by atoms with van der Waals surface area (Å²) in [4.78, 5) is 17.9. The summed E-state index contributed by atoms with van der Waals surface area (Å²) in [7, 11) is 0. The second kappa shape index (κ2) is 6.46. The molecule has 1 amide bonds. The summed E-state index contributed by atoms with van der Waals surface area (Å²) in [6.07, 6.45) is 0.578. The van der Waals surface area contributed by atoms with Crippen molar-refractivity contribution in [2.45, 2.75) is 13.3 Å². The number of amides is 1. The third-order valence-corrected chi connectivity index (χ3v) is 2.81. The summed E-state index contributed by atoms with van der Waals surface area (Å²) < 4.78 is 4.96. The summed E-state index contributed by atoms with van der Waals surface area (Å²) in [6, 6.07) is 0. The second-order valence-corrected chi connectivity index (χ2v) is 4.36. The van der Waals surface area contributed by atoms with E-state index in [0.717, 1.165) is 26.2 Å². The largest absolute Gasteiger partial charge is 0.354 e. The van der Waals surface area contributed by atoms with Gasteiger partial charge < -0.3 is 15.2 Å². The van der Waals surface area contributed by atoms with Crippen molar-refractivity contribution in [2.24, 2.45) is 0 Å². The fourth-order valence-corrected chi connectivity index (χ4v) is 1.88.